The van der Waals surface area contributed by atoms with Crippen LogP contribution in [-0.2, 0) is 16.1 Å². The quantitative estimate of drug-likeness (QED) is 0.765. The van der Waals surface area contributed by atoms with Crippen molar-refractivity contribution in [1.29, 1.82) is 0 Å². The molecule has 2 saturated carbocycles. The standard InChI is InChI=1S/C21H28Cl2N2O2/c1-13(26)24-20-7-16-10-25(9-15-4-5-18(22)19(23)6-15)11-17(16)8-21(20)27-12-14-2-3-14/h4-6,14,16-17,20-21H,2-3,7-12H2,1H3,(H,24,26)/t16-,17+,20-,21-/m1/s1. The second kappa shape index (κ2) is 8.28. The molecule has 1 heterocycles. The summed E-state index contributed by atoms with van der Waals surface area (Å²) in [5.74, 6) is 2.05. The van der Waals surface area contributed by atoms with E-state index >= 15 is 0 Å². The summed E-state index contributed by atoms with van der Waals surface area (Å²) >= 11 is 12.2. The van der Waals surface area contributed by atoms with E-state index < -0.39 is 0 Å². The van der Waals surface area contributed by atoms with Crippen molar-refractivity contribution in [3.63, 3.8) is 0 Å². The van der Waals surface area contributed by atoms with Crippen LogP contribution in [0, 0.1) is 17.8 Å². The summed E-state index contributed by atoms with van der Waals surface area (Å²) in [5.41, 5.74) is 1.20. The monoisotopic (exact) mass is 410 g/mol. The Labute approximate surface area is 171 Å². The van der Waals surface area contributed by atoms with Gasteiger partial charge in [-0.3, -0.25) is 9.69 Å². The Kier molecular flexibility index (Phi) is 5.98. The number of amides is 1. The number of ether oxygens (including phenoxy) is 1. The van der Waals surface area contributed by atoms with Gasteiger partial charge < -0.3 is 10.1 Å². The highest BCUT2D eigenvalue weighted by atomic mass is 35.5. The SMILES string of the molecule is CC(=O)N[C@@H]1C[C@@H]2CN(Cc3ccc(Cl)c(Cl)c3)C[C@@H]2C[C@H]1OCC1CC1. The molecule has 2 aliphatic carbocycles. The van der Waals surface area contributed by atoms with Crippen molar-refractivity contribution >= 4 is 29.1 Å². The van der Waals surface area contributed by atoms with Crippen molar-refractivity contribution < 1.29 is 9.53 Å². The molecule has 3 aliphatic rings. The first-order valence-electron chi connectivity index (χ1n) is 10.0. The van der Waals surface area contributed by atoms with Crippen LogP contribution in [0.5, 0.6) is 0 Å². The lowest BCUT2D eigenvalue weighted by molar-refractivity contribution is -0.122. The summed E-state index contributed by atoms with van der Waals surface area (Å²) in [7, 11) is 0. The Morgan fingerprint density at radius 3 is 2.59 bits per heavy atom. The molecule has 0 aromatic heterocycles. The minimum Gasteiger partial charge on any atom is -0.376 e. The second-order valence-electron chi connectivity index (χ2n) is 8.56. The number of benzene rings is 1. The maximum absolute atomic E-state index is 11.7. The molecule has 3 fully saturated rings. The van der Waals surface area contributed by atoms with Crippen molar-refractivity contribution in [2.75, 3.05) is 19.7 Å². The lowest BCUT2D eigenvalue weighted by Crippen LogP contribution is -2.50. The van der Waals surface area contributed by atoms with E-state index in [9.17, 15) is 4.79 Å². The number of fused-ring (bicyclic) bond motifs is 1. The third-order valence-electron chi connectivity index (χ3n) is 6.21. The Morgan fingerprint density at radius 2 is 1.93 bits per heavy atom. The van der Waals surface area contributed by atoms with Crippen LogP contribution in [-0.4, -0.2) is 42.6 Å². The number of hydrogen-bond donors (Lipinski definition) is 1. The zero-order valence-electron chi connectivity index (χ0n) is 15.8. The zero-order chi connectivity index (χ0) is 19.0. The van der Waals surface area contributed by atoms with E-state index in [0.717, 1.165) is 45.0 Å². The molecule has 1 aromatic rings. The Bertz CT molecular complexity index is 695. The summed E-state index contributed by atoms with van der Waals surface area (Å²) in [5, 5.41) is 4.37. The smallest absolute Gasteiger partial charge is 0.217 e. The summed E-state index contributed by atoms with van der Waals surface area (Å²) in [6.45, 7) is 5.50. The van der Waals surface area contributed by atoms with E-state index in [2.05, 4.69) is 16.3 Å². The van der Waals surface area contributed by atoms with Gasteiger partial charge in [0.25, 0.3) is 0 Å². The van der Waals surface area contributed by atoms with Crippen LogP contribution in [0.3, 0.4) is 0 Å². The highest BCUT2D eigenvalue weighted by Crippen LogP contribution is 2.39. The number of carbonyl (C=O) groups is 1. The molecule has 0 unspecified atom stereocenters. The second-order valence-corrected chi connectivity index (χ2v) is 9.37. The van der Waals surface area contributed by atoms with E-state index in [1.807, 2.05) is 12.1 Å². The molecule has 1 saturated heterocycles. The topological polar surface area (TPSA) is 41.6 Å². The first kappa shape index (κ1) is 19.5. The number of rotatable bonds is 6. The first-order chi connectivity index (χ1) is 13.0. The van der Waals surface area contributed by atoms with Gasteiger partial charge in [0.2, 0.25) is 5.91 Å². The van der Waals surface area contributed by atoms with Gasteiger partial charge in [-0.2, -0.15) is 0 Å². The van der Waals surface area contributed by atoms with Gasteiger partial charge in [-0.05, 0) is 61.1 Å². The summed E-state index contributed by atoms with van der Waals surface area (Å²) in [6.07, 6.45) is 4.79. The van der Waals surface area contributed by atoms with Gasteiger partial charge in [-0.25, -0.2) is 0 Å². The van der Waals surface area contributed by atoms with Crippen LogP contribution in [0.4, 0.5) is 0 Å². The van der Waals surface area contributed by atoms with Crippen molar-refractivity contribution in [2.45, 2.75) is 51.3 Å². The molecule has 1 amide bonds. The number of halogens is 2. The Balaban J connectivity index is 1.38. The summed E-state index contributed by atoms with van der Waals surface area (Å²) < 4.78 is 6.25. The molecular weight excluding hydrogens is 383 g/mol. The molecule has 1 aromatic carbocycles. The highest BCUT2D eigenvalue weighted by Gasteiger charge is 2.43. The van der Waals surface area contributed by atoms with E-state index in [4.69, 9.17) is 27.9 Å². The van der Waals surface area contributed by atoms with Gasteiger partial charge in [0, 0.05) is 33.2 Å². The van der Waals surface area contributed by atoms with E-state index in [0.29, 0.717) is 21.9 Å². The molecule has 1 N–H and O–H groups in total. The molecule has 4 atom stereocenters. The Morgan fingerprint density at radius 1 is 1.19 bits per heavy atom. The third kappa shape index (κ3) is 4.97. The van der Waals surface area contributed by atoms with Crippen LogP contribution in [0.15, 0.2) is 18.2 Å². The van der Waals surface area contributed by atoms with Gasteiger partial charge >= 0.3 is 0 Å². The molecule has 148 valence electrons. The lowest BCUT2D eigenvalue weighted by Gasteiger charge is -2.38. The highest BCUT2D eigenvalue weighted by molar-refractivity contribution is 6.42. The maximum Gasteiger partial charge on any atom is 0.217 e. The van der Waals surface area contributed by atoms with E-state index in [1.165, 1.54) is 18.4 Å². The average molecular weight is 411 g/mol. The predicted molar refractivity (Wildman–Crippen MR) is 108 cm³/mol. The number of carbonyl (C=O) groups excluding carboxylic acids is 1. The van der Waals surface area contributed by atoms with E-state index in [1.54, 1.807) is 6.92 Å². The molecular formula is C21H28Cl2N2O2. The van der Waals surface area contributed by atoms with Gasteiger partial charge in [0.15, 0.2) is 0 Å². The van der Waals surface area contributed by atoms with Crippen LogP contribution in [0.2, 0.25) is 10.0 Å². The maximum atomic E-state index is 11.7. The number of nitrogens with one attached hydrogen (secondary N) is 1. The number of likely N-dealkylation sites (tertiary alicyclic amines) is 1. The van der Waals surface area contributed by atoms with Crippen molar-refractivity contribution in [2.24, 2.45) is 17.8 Å². The summed E-state index contributed by atoms with van der Waals surface area (Å²) in [4.78, 5) is 14.2. The first-order valence-corrected chi connectivity index (χ1v) is 10.8. The molecule has 27 heavy (non-hydrogen) atoms. The predicted octanol–water partition coefficient (Wildman–Crippen LogP) is 4.14. The molecule has 1 aliphatic heterocycles. The fourth-order valence-corrected chi connectivity index (χ4v) is 5.00. The fourth-order valence-electron chi connectivity index (χ4n) is 4.68. The molecule has 6 heteroatoms. The van der Waals surface area contributed by atoms with Crippen LogP contribution < -0.4 is 5.32 Å². The zero-order valence-corrected chi connectivity index (χ0v) is 17.3. The number of hydrogen-bond acceptors (Lipinski definition) is 3. The Hall–Kier alpha value is -0.810. The minimum atomic E-state index is 0.0455. The lowest BCUT2D eigenvalue weighted by atomic mass is 9.77. The van der Waals surface area contributed by atoms with Gasteiger partial charge in [0.1, 0.15) is 0 Å². The molecule has 4 nitrogen and oxygen atoms in total. The number of nitrogens with zero attached hydrogens (tertiary/aromatic N) is 1. The van der Waals surface area contributed by atoms with Crippen molar-refractivity contribution in [3.05, 3.63) is 33.8 Å². The van der Waals surface area contributed by atoms with Gasteiger partial charge in [0.05, 0.1) is 22.2 Å². The van der Waals surface area contributed by atoms with Crippen molar-refractivity contribution in [1.82, 2.24) is 10.2 Å². The molecule has 0 radical (unpaired) electrons. The minimum absolute atomic E-state index is 0.0455. The fraction of sp³-hybridized carbons (Fsp3) is 0.667. The summed E-state index contributed by atoms with van der Waals surface area (Å²) in [6, 6.07) is 6.04. The molecule has 0 bridgehead atoms. The van der Waals surface area contributed by atoms with Crippen LogP contribution >= 0.6 is 23.2 Å². The molecule has 0 spiro atoms. The van der Waals surface area contributed by atoms with Crippen molar-refractivity contribution in [3.8, 4) is 0 Å². The average Bonchev–Trinajstić information content (AvgIpc) is 3.35. The van der Waals surface area contributed by atoms with Crippen LogP contribution in [0.1, 0.15) is 38.2 Å². The van der Waals surface area contributed by atoms with Crippen LogP contribution in [0.25, 0.3) is 0 Å². The third-order valence-corrected chi connectivity index (χ3v) is 6.95. The van der Waals surface area contributed by atoms with Gasteiger partial charge in [-0.1, -0.05) is 29.3 Å². The largest absolute Gasteiger partial charge is 0.376 e. The normalized spacial score (nSPS) is 30.9. The van der Waals surface area contributed by atoms with Gasteiger partial charge in [-0.15, -0.1) is 0 Å². The van der Waals surface area contributed by atoms with E-state index in [-0.39, 0.29) is 18.1 Å². The molecule has 4 rings (SSSR count).